The van der Waals surface area contributed by atoms with Crippen molar-refractivity contribution in [3.05, 3.63) is 91.3 Å². The van der Waals surface area contributed by atoms with E-state index in [2.05, 4.69) is 38.1 Å². The smallest absolute Gasteiger partial charge is 0.272 e. The quantitative estimate of drug-likeness (QED) is 0.185. The highest BCUT2D eigenvalue weighted by Gasteiger charge is 2.13. The summed E-state index contributed by atoms with van der Waals surface area (Å²) in [5.41, 5.74) is 4.40. The SMILES string of the molecule is CCOc1cc(C=NNC(=O)c2cccnc2)cc(I)c1OCc1ccc([N+](=O)[O-])cc1. The van der Waals surface area contributed by atoms with E-state index in [1.54, 1.807) is 36.5 Å². The van der Waals surface area contributed by atoms with Crippen molar-refractivity contribution in [2.24, 2.45) is 5.10 Å². The fourth-order valence-electron chi connectivity index (χ4n) is 2.66. The molecule has 1 N–H and O–H groups in total. The summed E-state index contributed by atoms with van der Waals surface area (Å²) in [5.74, 6) is 0.723. The molecular weight excluding hydrogens is 527 g/mol. The van der Waals surface area contributed by atoms with Crippen molar-refractivity contribution >= 4 is 40.4 Å². The van der Waals surface area contributed by atoms with E-state index in [4.69, 9.17) is 9.47 Å². The lowest BCUT2D eigenvalue weighted by atomic mass is 10.2. The van der Waals surface area contributed by atoms with Crippen LogP contribution in [0.3, 0.4) is 0 Å². The maximum Gasteiger partial charge on any atom is 0.272 e. The highest BCUT2D eigenvalue weighted by molar-refractivity contribution is 14.1. The number of ether oxygens (including phenoxy) is 2. The van der Waals surface area contributed by atoms with Crippen molar-refractivity contribution in [1.82, 2.24) is 10.4 Å². The van der Waals surface area contributed by atoms with Gasteiger partial charge in [0.05, 0.1) is 26.9 Å². The molecule has 2 aromatic carbocycles. The Morgan fingerprint density at radius 2 is 2.03 bits per heavy atom. The van der Waals surface area contributed by atoms with Crippen molar-refractivity contribution in [1.29, 1.82) is 0 Å². The highest BCUT2D eigenvalue weighted by atomic mass is 127. The van der Waals surface area contributed by atoms with E-state index < -0.39 is 4.92 Å². The van der Waals surface area contributed by atoms with E-state index in [9.17, 15) is 14.9 Å². The molecule has 0 saturated heterocycles. The zero-order chi connectivity index (χ0) is 22.9. The van der Waals surface area contributed by atoms with Gasteiger partial charge in [-0.25, -0.2) is 5.43 Å². The average Bonchev–Trinajstić information content (AvgIpc) is 2.79. The average molecular weight is 546 g/mol. The Balaban J connectivity index is 1.71. The summed E-state index contributed by atoms with van der Waals surface area (Å²) in [4.78, 5) is 26.3. The molecule has 0 spiro atoms. The fourth-order valence-corrected chi connectivity index (χ4v) is 3.44. The number of non-ortho nitro benzene ring substituents is 1. The van der Waals surface area contributed by atoms with Gasteiger partial charge in [0.15, 0.2) is 11.5 Å². The predicted molar refractivity (Wildman–Crippen MR) is 127 cm³/mol. The summed E-state index contributed by atoms with van der Waals surface area (Å²) in [6.07, 6.45) is 4.56. The molecule has 0 atom stereocenters. The lowest BCUT2D eigenvalue weighted by molar-refractivity contribution is -0.384. The highest BCUT2D eigenvalue weighted by Crippen LogP contribution is 2.34. The number of hydrogen-bond acceptors (Lipinski definition) is 7. The Labute approximate surface area is 197 Å². The Morgan fingerprint density at radius 3 is 2.69 bits per heavy atom. The number of pyridine rings is 1. The third-order valence-corrected chi connectivity index (χ3v) is 4.97. The van der Waals surface area contributed by atoms with Gasteiger partial charge < -0.3 is 9.47 Å². The Kier molecular flexibility index (Phi) is 8.08. The van der Waals surface area contributed by atoms with Crippen LogP contribution in [0.1, 0.15) is 28.4 Å². The van der Waals surface area contributed by atoms with Crippen molar-refractivity contribution in [3.8, 4) is 11.5 Å². The fraction of sp³-hybridized carbons (Fsp3) is 0.136. The first-order valence-corrected chi connectivity index (χ1v) is 10.6. The van der Waals surface area contributed by atoms with Gasteiger partial charge in [-0.1, -0.05) is 0 Å². The number of nitro groups is 1. The standard InChI is InChI=1S/C22H19IN4O5/c1-2-31-20-11-16(12-25-26-22(28)17-4-3-9-24-13-17)10-19(23)21(20)32-14-15-5-7-18(8-6-15)27(29)30/h3-13H,2,14H2,1H3,(H,26,28). The maximum atomic E-state index is 12.1. The number of rotatable bonds is 9. The minimum absolute atomic E-state index is 0.0256. The van der Waals surface area contributed by atoms with Crippen LogP contribution in [0.5, 0.6) is 11.5 Å². The Bertz CT molecular complexity index is 1120. The van der Waals surface area contributed by atoms with Gasteiger partial charge in [-0.2, -0.15) is 5.10 Å². The van der Waals surface area contributed by atoms with Crippen LogP contribution in [-0.4, -0.2) is 28.6 Å². The summed E-state index contributed by atoms with van der Waals surface area (Å²) >= 11 is 2.13. The molecule has 32 heavy (non-hydrogen) atoms. The van der Waals surface area contributed by atoms with Gasteiger partial charge in [0, 0.05) is 24.5 Å². The number of hydrazone groups is 1. The van der Waals surface area contributed by atoms with E-state index in [1.165, 1.54) is 24.5 Å². The molecule has 164 valence electrons. The van der Waals surface area contributed by atoms with Crippen LogP contribution in [0.25, 0.3) is 0 Å². The molecule has 0 unspecified atom stereocenters. The number of hydrogen-bond donors (Lipinski definition) is 1. The molecule has 0 aliphatic rings. The number of aromatic nitrogens is 1. The second-order valence-corrected chi connectivity index (χ2v) is 7.58. The van der Waals surface area contributed by atoms with Gasteiger partial charge in [0.25, 0.3) is 11.6 Å². The van der Waals surface area contributed by atoms with E-state index in [-0.39, 0.29) is 18.2 Å². The minimum atomic E-state index is -0.444. The van der Waals surface area contributed by atoms with Crippen molar-refractivity contribution in [2.75, 3.05) is 6.61 Å². The van der Waals surface area contributed by atoms with E-state index in [1.807, 2.05) is 13.0 Å². The first-order chi connectivity index (χ1) is 15.5. The Hall–Kier alpha value is -3.54. The van der Waals surface area contributed by atoms with Crippen LogP contribution in [0, 0.1) is 13.7 Å². The van der Waals surface area contributed by atoms with E-state index in [0.29, 0.717) is 29.2 Å². The number of carbonyl (C=O) groups is 1. The van der Waals surface area contributed by atoms with Crippen molar-refractivity contribution in [3.63, 3.8) is 0 Å². The largest absolute Gasteiger partial charge is 0.490 e. The van der Waals surface area contributed by atoms with Crippen LogP contribution in [0.4, 0.5) is 5.69 Å². The van der Waals surface area contributed by atoms with Crippen LogP contribution in [0.2, 0.25) is 0 Å². The number of carbonyl (C=O) groups excluding carboxylic acids is 1. The second kappa shape index (κ2) is 11.2. The summed E-state index contributed by atoms with van der Waals surface area (Å²) in [7, 11) is 0. The number of benzene rings is 2. The molecule has 0 fully saturated rings. The first kappa shape index (κ1) is 23.1. The molecule has 1 aromatic heterocycles. The molecule has 0 aliphatic heterocycles. The topological polar surface area (TPSA) is 116 Å². The van der Waals surface area contributed by atoms with Crippen LogP contribution in [-0.2, 0) is 6.61 Å². The third kappa shape index (κ3) is 6.23. The second-order valence-electron chi connectivity index (χ2n) is 6.42. The predicted octanol–water partition coefficient (Wildman–Crippen LogP) is 4.34. The zero-order valence-electron chi connectivity index (χ0n) is 17.0. The van der Waals surface area contributed by atoms with Gasteiger partial charge in [-0.05, 0) is 77.0 Å². The van der Waals surface area contributed by atoms with Crippen molar-refractivity contribution < 1.29 is 19.2 Å². The van der Waals surface area contributed by atoms with Crippen LogP contribution in [0.15, 0.2) is 66.0 Å². The van der Waals surface area contributed by atoms with Gasteiger partial charge >= 0.3 is 0 Å². The first-order valence-electron chi connectivity index (χ1n) is 9.54. The zero-order valence-corrected chi connectivity index (χ0v) is 19.2. The van der Waals surface area contributed by atoms with E-state index in [0.717, 1.165) is 9.13 Å². The number of nitro benzene ring substituents is 1. The number of halogens is 1. The van der Waals surface area contributed by atoms with Gasteiger partial charge in [-0.3, -0.25) is 19.9 Å². The van der Waals surface area contributed by atoms with Gasteiger partial charge in [0.1, 0.15) is 6.61 Å². The number of nitrogens with zero attached hydrogens (tertiary/aromatic N) is 3. The third-order valence-electron chi connectivity index (χ3n) is 4.17. The minimum Gasteiger partial charge on any atom is -0.490 e. The van der Waals surface area contributed by atoms with Crippen LogP contribution >= 0.6 is 22.6 Å². The summed E-state index contributed by atoms with van der Waals surface area (Å²) in [6.45, 7) is 2.52. The molecule has 1 amide bonds. The molecule has 0 aliphatic carbocycles. The molecule has 9 nitrogen and oxygen atoms in total. The summed E-state index contributed by atoms with van der Waals surface area (Å²) < 4.78 is 12.4. The molecule has 1 heterocycles. The molecule has 0 bridgehead atoms. The summed E-state index contributed by atoms with van der Waals surface area (Å²) in [6, 6.07) is 13.1. The van der Waals surface area contributed by atoms with Crippen molar-refractivity contribution in [2.45, 2.75) is 13.5 Å². The Morgan fingerprint density at radius 1 is 1.25 bits per heavy atom. The summed E-state index contributed by atoms with van der Waals surface area (Å²) in [5, 5.41) is 14.8. The molecule has 3 rings (SSSR count). The number of nitrogens with one attached hydrogen (secondary N) is 1. The van der Waals surface area contributed by atoms with Gasteiger partial charge in [0.2, 0.25) is 0 Å². The lowest BCUT2D eigenvalue weighted by Crippen LogP contribution is -2.17. The molecule has 0 radical (unpaired) electrons. The molecule has 10 heteroatoms. The van der Waals surface area contributed by atoms with Gasteiger partial charge in [-0.15, -0.1) is 0 Å². The molecule has 0 saturated carbocycles. The van der Waals surface area contributed by atoms with Crippen LogP contribution < -0.4 is 14.9 Å². The normalized spacial score (nSPS) is 10.7. The molecular formula is C22H19IN4O5. The molecule has 3 aromatic rings. The number of amides is 1. The van der Waals surface area contributed by atoms with E-state index >= 15 is 0 Å². The lowest BCUT2D eigenvalue weighted by Gasteiger charge is -2.14. The monoisotopic (exact) mass is 546 g/mol. The maximum absolute atomic E-state index is 12.1.